The minimum atomic E-state index is -3.51. The molecular weight excluding hydrogens is 264 g/mol. The van der Waals surface area contributed by atoms with Gasteiger partial charge in [0.05, 0.1) is 6.54 Å². The van der Waals surface area contributed by atoms with Crippen LogP contribution in [0, 0.1) is 5.92 Å². The predicted molar refractivity (Wildman–Crippen MR) is 73.2 cm³/mol. The number of nitrogens with one attached hydrogen (secondary N) is 2. The number of hydrogen-bond donors (Lipinski definition) is 2. The highest BCUT2D eigenvalue weighted by atomic mass is 32.2. The van der Waals surface area contributed by atoms with E-state index < -0.39 is 10.0 Å². The average Bonchev–Trinajstić information content (AvgIpc) is 2.80. The molecule has 2 atom stereocenters. The van der Waals surface area contributed by atoms with Crippen molar-refractivity contribution >= 4 is 10.0 Å². The molecule has 2 unspecified atom stereocenters. The zero-order valence-electron chi connectivity index (χ0n) is 11.9. The van der Waals surface area contributed by atoms with Gasteiger partial charge in [0.1, 0.15) is 5.76 Å². The second-order valence-electron chi connectivity index (χ2n) is 6.27. The molecule has 1 aromatic heterocycles. The minimum absolute atomic E-state index is 0.00249. The van der Waals surface area contributed by atoms with Crippen LogP contribution in [-0.2, 0) is 16.6 Å². The summed E-state index contributed by atoms with van der Waals surface area (Å²) < 4.78 is 32.1. The molecule has 0 bridgehead atoms. The lowest BCUT2D eigenvalue weighted by Gasteiger charge is -2.19. The normalized spacial score (nSPS) is 23.6. The van der Waals surface area contributed by atoms with Gasteiger partial charge < -0.3 is 9.73 Å². The molecule has 0 amide bonds. The lowest BCUT2D eigenvalue weighted by atomic mass is 10.1. The molecule has 1 aliphatic carbocycles. The van der Waals surface area contributed by atoms with Gasteiger partial charge in [0.25, 0.3) is 10.0 Å². The first-order valence-corrected chi connectivity index (χ1v) is 8.02. The van der Waals surface area contributed by atoms with Crippen molar-refractivity contribution in [1.82, 2.24) is 10.0 Å². The van der Waals surface area contributed by atoms with Crippen molar-refractivity contribution < 1.29 is 12.8 Å². The topological polar surface area (TPSA) is 71.3 Å². The number of furan rings is 1. The fourth-order valence-corrected chi connectivity index (χ4v) is 3.00. The average molecular weight is 286 g/mol. The fraction of sp³-hybridized carbons (Fsp3) is 0.692. The number of rotatable bonds is 5. The van der Waals surface area contributed by atoms with Crippen molar-refractivity contribution in [1.29, 1.82) is 0 Å². The van der Waals surface area contributed by atoms with E-state index in [4.69, 9.17) is 4.42 Å². The molecule has 0 saturated heterocycles. The van der Waals surface area contributed by atoms with Crippen molar-refractivity contribution in [3.63, 3.8) is 0 Å². The van der Waals surface area contributed by atoms with Crippen LogP contribution in [0.2, 0.25) is 0 Å². The molecule has 0 aliphatic heterocycles. The molecule has 1 aliphatic rings. The Morgan fingerprint density at radius 3 is 2.53 bits per heavy atom. The molecule has 1 aromatic rings. The van der Waals surface area contributed by atoms with Gasteiger partial charge in [0.2, 0.25) is 5.09 Å². The van der Waals surface area contributed by atoms with E-state index in [9.17, 15) is 8.42 Å². The quantitative estimate of drug-likeness (QED) is 0.866. The Hall–Kier alpha value is -0.850. The molecule has 5 nitrogen and oxygen atoms in total. The smallest absolute Gasteiger partial charge is 0.274 e. The predicted octanol–water partition coefficient (Wildman–Crippen LogP) is 1.85. The van der Waals surface area contributed by atoms with Crippen molar-refractivity contribution in [2.75, 3.05) is 0 Å². The van der Waals surface area contributed by atoms with Crippen molar-refractivity contribution in [2.24, 2.45) is 5.92 Å². The molecule has 6 heteroatoms. The summed E-state index contributed by atoms with van der Waals surface area (Å²) in [5, 5.41) is 3.25. The molecule has 0 aromatic carbocycles. The van der Waals surface area contributed by atoms with Crippen LogP contribution in [0.4, 0.5) is 0 Å². The van der Waals surface area contributed by atoms with Gasteiger partial charge in [-0.05, 0) is 45.2 Å². The Kier molecular flexibility index (Phi) is 3.77. The van der Waals surface area contributed by atoms with E-state index in [2.05, 4.69) is 10.0 Å². The number of hydrogen-bond acceptors (Lipinski definition) is 4. The Labute approximate surface area is 114 Å². The van der Waals surface area contributed by atoms with E-state index in [-0.39, 0.29) is 16.7 Å². The molecule has 2 rings (SSSR count). The Morgan fingerprint density at radius 2 is 2.00 bits per heavy atom. The summed E-state index contributed by atoms with van der Waals surface area (Å²) in [6.45, 7) is 8.67. The highest BCUT2D eigenvalue weighted by molar-refractivity contribution is 7.89. The molecular formula is C13H22N2O3S. The molecule has 108 valence electrons. The molecule has 1 fully saturated rings. The summed E-state index contributed by atoms with van der Waals surface area (Å²) in [5.41, 5.74) is -0.0342. The van der Waals surface area contributed by atoms with Crippen LogP contribution >= 0.6 is 0 Å². The molecule has 0 radical (unpaired) electrons. The van der Waals surface area contributed by atoms with E-state index in [1.807, 2.05) is 27.7 Å². The van der Waals surface area contributed by atoms with Crippen LogP contribution in [-0.4, -0.2) is 20.0 Å². The van der Waals surface area contributed by atoms with E-state index in [0.29, 0.717) is 18.2 Å². The summed E-state index contributed by atoms with van der Waals surface area (Å²) in [4.78, 5) is 0. The second-order valence-corrected chi connectivity index (χ2v) is 7.91. The van der Waals surface area contributed by atoms with Gasteiger partial charge in [-0.15, -0.1) is 0 Å². The van der Waals surface area contributed by atoms with Crippen LogP contribution in [0.1, 0.15) is 39.9 Å². The van der Waals surface area contributed by atoms with Crippen LogP contribution in [0.25, 0.3) is 0 Å². The van der Waals surface area contributed by atoms with Crippen LogP contribution in [0.15, 0.2) is 21.6 Å². The fourth-order valence-electron chi connectivity index (χ4n) is 1.69. The zero-order valence-corrected chi connectivity index (χ0v) is 12.7. The third kappa shape index (κ3) is 4.06. The van der Waals surface area contributed by atoms with Gasteiger partial charge >= 0.3 is 0 Å². The van der Waals surface area contributed by atoms with Crippen LogP contribution < -0.4 is 10.0 Å². The maximum absolute atomic E-state index is 12.0. The van der Waals surface area contributed by atoms with Gasteiger partial charge in [-0.25, -0.2) is 13.1 Å². The van der Waals surface area contributed by atoms with Crippen molar-refractivity contribution in [3.8, 4) is 0 Å². The number of sulfonamides is 1. The van der Waals surface area contributed by atoms with Gasteiger partial charge in [-0.2, -0.15) is 0 Å². The van der Waals surface area contributed by atoms with E-state index in [1.54, 1.807) is 6.07 Å². The minimum Gasteiger partial charge on any atom is -0.447 e. The summed E-state index contributed by atoms with van der Waals surface area (Å²) in [6.07, 6.45) is 0.901. The molecule has 0 spiro atoms. The van der Waals surface area contributed by atoms with E-state index in [0.717, 1.165) is 6.42 Å². The van der Waals surface area contributed by atoms with Crippen LogP contribution in [0.3, 0.4) is 0 Å². The first kappa shape index (κ1) is 14.6. The zero-order chi connectivity index (χ0) is 14.3. The lowest BCUT2D eigenvalue weighted by molar-refractivity contribution is 0.359. The maximum atomic E-state index is 12.0. The first-order valence-electron chi connectivity index (χ1n) is 6.53. The molecule has 1 heterocycles. The van der Waals surface area contributed by atoms with Crippen LogP contribution in [0.5, 0.6) is 0 Å². The summed E-state index contributed by atoms with van der Waals surface area (Å²) in [7, 11) is -3.51. The monoisotopic (exact) mass is 286 g/mol. The van der Waals surface area contributed by atoms with Gasteiger partial charge in [0.15, 0.2) is 0 Å². The highest BCUT2D eigenvalue weighted by Crippen LogP contribution is 2.30. The molecule has 2 N–H and O–H groups in total. The van der Waals surface area contributed by atoms with E-state index in [1.165, 1.54) is 6.07 Å². The molecule has 19 heavy (non-hydrogen) atoms. The van der Waals surface area contributed by atoms with Crippen molar-refractivity contribution in [3.05, 3.63) is 17.9 Å². The largest absolute Gasteiger partial charge is 0.447 e. The third-order valence-corrected chi connectivity index (χ3v) is 4.47. The van der Waals surface area contributed by atoms with Gasteiger partial charge in [0, 0.05) is 11.6 Å². The standard InChI is InChI=1S/C13H22N2O3S/c1-9-7-11(9)15-19(16,17)12-6-5-10(18-12)8-14-13(2,3)4/h5-6,9,11,14-15H,7-8H2,1-4H3. The molecule has 1 saturated carbocycles. The van der Waals surface area contributed by atoms with E-state index >= 15 is 0 Å². The maximum Gasteiger partial charge on any atom is 0.274 e. The third-order valence-electron chi connectivity index (χ3n) is 3.11. The second kappa shape index (κ2) is 4.92. The van der Waals surface area contributed by atoms with Gasteiger partial charge in [-0.3, -0.25) is 0 Å². The first-order chi connectivity index (χ1) is 8.67. The lowest BCUT2D eigenvalue weighted by Crippen LogP contribution is -2.34. The van der Waals surface area contributed by atoms with Gasteiger partial charge in [-0.1, -0.05) is 6.92 Å². The Morgan fingerprint density at radius 1 is 1.37 bits per heavy atom. The Balaban J connectivity index is 2.00. The Bertz CT molecular complexity index is 542. The summed E-state index contributed by atoms with van der Waals surface area (Å²) in [6, 6.07) is 3.27. The van der Waals surface area contributed by atoms with Crippen molar-refractivity contribution in [2.45, 2.75) is 57.3 Å². The SMILES string of the molecule is CC1CC1NS(=O)(=O)c1ccc(CNC(C)(C)C)o1. The highest BCUT2D eigenvalue weighted by Gasteiger charge is 2.37. The summed E-state index contributed by atoms with van der Waals surface area (Å²) in [5.74, 6) is 1.05. The summed E-state index contributed by atoms with van der Waals surface area (Å²) >= 11 is 0.